The number of carbonyl (C=O) groups is 4. The molecule has 0 saturated heterocycles. The van der Waals surface area contributed by atoms with E-state index in [-0.39, 0.29) is 25.7 Å². The SMILES string of the molecule is CCCCCCCCCCCCCCCCCCCCCC(=O)O[C@H](COC(=O)CCCCCCCCCCCCCCCCCC(C)C)COP(=O)(O)OC[C@@H](O)COP(=O)(O)OC[C@@H](COC(=O)CCCCCCCCCCC(C)CC)OC(=O)CCCCCCCCCCC(C)CC. The molecular weight excluding hydrogens is 1320 g/mol. The minimum atomic E-state index is -4.96. The van der Waals surface area contributed by atoms with Crippen LogP contribution >= 0.6 is 15.6 Å². The first-order valence-electron chi connectivity index (χ1n) is 42.4. The molecule has 3 N–H and O–H groups in total. The first kappa shape index (κ1) is 99.1. The van der Waals surface area contributed by atoms with Gasteiger partial charge < -0.3 is 33.8 Å². The van der Waals surface area contributed by atoms with Gasteiger partial charge in [0.15, 0.2) is 12.2 Å². The van der Waals surface area contributed by atoms with E-state index in [0.717, 1.165) is 108 Å². The highest BCUT2D eigenvalue weighted by atomic mass is 31.2. The van der Waals surface area contributed by atoms with E-state index in [9.17, 15) is 43.2 Å². The average Bonchev–Trinajstić information content (AvgIpc) is 0.939. The molecule has 0 bridgehead atoms. The number of carbonyl (C=O) groups excluding carboxylic acids is 4. The molecule has 0 aromatic heterocycles. The Labute approximate surface area is 619 Å². The third-order valence-corrected chi connectivity index (χ3v) is 21.8. The van der Waals surface area contributed by atoms with Gasteiger partial charge in [-0.2, -0.15) is 0 Å². The first-order valence-corrected chi connectivity index (χ1v) is 45.4. The zero-order valence-corrected chi connectivity index (χ0v) is 68.2. The van der Waals surface area contributed by atoms with Crippen molar-refractivity contribution in [3.63, 3.8) is 0 Å². The van der Waals surface area contributed by atoms with Crippen molar-refractivity contribution in [3.8, 4) is 0 Å². The van der Waals surface area contributed by atoms with Crippen LogP contribution in [0.1, 0.15) is 427 Å². The van der Waals surface area contributed by atoms with Crippen LogP contribution in [0.25, 0.3) is 0 Å². The lowest BCUT2D eigenvalue weighted by Crippen LogP contribution is -2.30. The number of phosphoric ester groups is 2. The fraction of sp³-hybridized carbons (Fsp3) is 0.951. The van der Waals surface area contributed by atoms with Gasteiger partial charge >= 0.3 is 39.5 Å². The van der Waals surface area contributed by atoms with Crippen molar-refractivity contribution < 1.29 is 80.2 Å². The van der Waals surface area contributed by atoms with Gasteiger partial charge in [0.25, 0.3) is 0 Å². The lowest BCUT2D eigenvalue weighted by molar-refractivity contribution is -0.161. The summed E-state index contributed by atoms with van der Waals surface area (Å²) in [5, 5.41) is 10.6. The topological polar surface area (TPSA) is 237 Å². The molecule has 19 heteroatoms. The van der Waals surface area contributed by atoms with E-state index >= 15 is 0 Å². The molecule has 0 aliphatic carbocycles. The predicted molar refractivity (Wildman–Crippen MR) is 414 cm³/mol. The molecule has 101 heavy (non-hydrogen) atoms. The maximum Gasteiger partial charge on any atom is 0.472 e. The highest BCUT2D eigenvalue weighted by molar-refractivity contribution is 7.47. The summed E-state index contributed by atoms with van der Waals surface area (Å²) in [6.45, 7) is 12.0. The van der Waals surface area contributed by atoms with Crippen LogP contribution in [0.5, 0.6) is 0 Å². The zero-order valence-electron chi connectivity index (χ0n) is 66.4. The third-order valence-electron chi connectivity index (χ3n) is 19.9. The maximum absolute atomic E-state index is 13.1. The number of unbranched alkanes of at least 4 members (excludes halogenated alkanes) is 46. The lowest BCUT2D eigenvalue weighted by Gasteiger charge is -2.21. The van der Waals surface area contributed by atoms with Crippen LogP contribution in [0.3, 0.4) is 0 Å². The summed E-state index contributed by atoms with van der Waals surface area (Å²) >= 11 is 0. The minimum absolute atomic E-state index is 0.105. The van der Waals surface area contributed by atoms with Crippen molar-refractivity contribution in [1.29, 1.82) is 0 Å². The Bertz CT molecular complexity index is 1960. The summed E-state index contributed by atoms with van der Waals surface area (Å²) in [5.41, 5.74) is 0. The number of esters is 4. The van der Waals surface area contributed by atoms with Gasteiger partial charge in [0.05, 0.1) is 26.4 Å². The molecule has 0 aliphatic rings. The van der Waals surface area contributed by atoms with Gasteiger partial charge in [-0.1, -0.05) is 376 Å². The molecule has 0 spiro atoms. The second kappa shape index (κ2) is 72.3. The zero-order chi connectivity index (χ0) is 74.4. The number of rotatable bonds is 80. The van der Waals surface area contributed by atoms with Crippen molar-refractivity contribution in [2.45, 2.75) is 446 Å². The molecule has 0 saturated carbocycles. The Morgan fingerprint density at radius 2 is 0.505 bits per heavy atom. The monoisotopic (exact) mass is 1480 g/mol. The summed E-state index contributed by atoms with van der Waals surface area (Å²) in [6.07, 6.45) is 61.0. The number of aliphatic hydroxyl groups excluding tert-OH is 1. The van der Waals surface area contributed by atoms with Gasteiger partial charge in [0.1, 0.15) is 19.3 Å². The molecule has 0 amide bonds. The number of hydrogen-bond donors (Lipinski definition) is 3. The van der Waals surface area contributed by atoms with Crippen LogP contribution in [0.2, 0.25) is 0 Å². The molecule has 0 aromatic carbocycles. The maximum atomic E-state index is 13.1. The largest absolute Gasteiger partial charge is 0.472 e. The standard InChI is InChI=1S/C82H160O17P2/c1-8-11-12-13-14-15-16-17-18-19-20-21-24-28-31-34-44-51-58-65-81(86)98-77(69-92-79(84)63-56-49-42-33-30-27-25-22-23-26-29-32-39-46-53-60-73(4)5)71-96-100(88,89)94-67-76(83)68-95-101(90,91)97-72-78(99-82(87)66-59-52-45-38-36-41-48-55-62-75(7)10-3)70-93-80(85)64-57-50-43-37-35-40-47-54-61-74(6)9-2/h73-78,83H,8-72H2,1-7H3,(H,88,89)(H,90,91)/t74?,75?,76-,77-,78-/m1/s1. The van der Waals surface area contributed by atoms with E-state index < -0.39 is 97.5 Å². The highest BCUT2D eigenvalue weighted by Gasteiger charge is 2.30. The van der Waals surface area contributed by atoms with E-state index in [4.69, 9.17) is 37.0 Å². The molecule has 17 nitrogen and oxygen atoms in total. The summed E-state index contributed by atoms with van der Waals surface area (Å²) in [4.78, 5) is 73.1. The van der Waals surface area contributed by atoms with Crippen LogP contribution in [-0.4, -0.2) is 96.7 Å². The molecule has 0 aromatic rings. The third kappa shape index (κ3) is 73.4. The summed E-state index contributed by atoms with van der Waals surface area (Å²) in [5.74, 6) is 0.242. The van der Waals surface area contributed by atoms with E-state index in [0.29, 0.717) is 25.7 Å². The van der Waals surface area contributed by atoms with Crippen molar-refractivity contribution in [3.05, 3.63) is 0 Å². The molecule has 600 valence electrons. The summed E-state index contributed by atoms with van der Waals surface area (Å²) in [6, 6.07) is 0. The number of aliphatic hydroxyl groups is 1. The number of hydrogen-bond acceptors (Lipinski definition) is 15. The van der Waals surface area contributed by atoms with Gasteiger partial charge in [-0.25, -0.2) is 9.13 Å². The van der Waals surface area contributed by atoms with Crippen LogP contribution in [-0.2, 0) is 65.4 Å². The van der Waals surface area contributed by atoms with Crippen LogP contribution < -0.4 is 0 Å². The van der Waals surface area contributed by atoms with E-state index in [2.05, 4.69) is 48.5 Å². The first-order chi connectivity index (χ1) is 48.8. The van der Waals surface area contributed by atoms with Gasteiger partial charge in [-0.3, -0.25) is 37.3 Å². The summed E-state index contributed by atoms with van der Waals surface area (Å²) < 4.78 is 68.8. The van der Waals surface area contributed by atoms with Crippen LogP contribution in [0.15, 0.2) is 0 Å². The van der Waals surface area contributed by atoms with Gasteiger partial charge in [0, 0.05) is 25.7 Å². The van der Waals surface area contributed by atoms with Crippen molar-refractivity contribution in [2.75, 3.05) is 39.6 Å². The second-order valence-electron chi connectivity index (χ2n) is 30.5. The Balaban J connectivity index is 5.25. The smallest absolute Gasteiger partial charge is 0.462 e. The fourth-order valence-electron chi connectivity index (χ4n) is 12.6. The minimum Gasteiger partial charge on any atom is -0.462 e. The molecule has 0 aliphatic heterocycles. The summed E-state index contributed by atoms with van der Waals surface area (Å²) in [7, 11) is -9.92. The number of phosphoric acid groups is 2. The molecule has 0 heterocycles. The van der Waals surface area contributed by atoms with E-state index in [1.165, 1.54) is 238 Å². The Kier molecular flexibility index (Phi) is 70.9. The molecule has 0 radical (unpaired) electrons. The highest BCUT2D eigenvalue weighted by Crippen LogP contribution is 2.45. The quantitative estimate of drug-likeness (QED) is 0.0222. The average molecular weight is 1480 g/mol. The normalized spacial score (nSPS) is 14.5. The Morgan fingerprint density at radius 1 is 0.287 bits per heavy atom. The van der Waals surface area contributed by atoms with E-state index in [1.54, 1.807) is 0 Å². The lowest BCUT2D eigenvalue weighted by atomic mass is 9.99. The van der Waals surface area contributed by atoms with Crippen molar-refractivity contribution in [2.24, 2.45) is 17.8 Å². The van der Waals surface area contributed by atoms with Crippen molar-refractivity contribution in [1.82, 2.24) is 0 Å². The Hall–Kier alpha value is -1.94. The fourth-order valence-corrected chi connectivity index (χ4v) is 14.2. The Morgan fingerprint density at radius 3 is 0.752 bits per heavy atom. The van der Waals surface area contributed by atoms with Gasteiger partial charge in [-0.05, 0) is 43.4 Å². The molecule has 4 unspecified atom stereocenters. The molecule has 0 fully saturated rings. The van der Waals surface area contributed by atoms with Crippen LogP contribution in [0, 0.1) is 17.8 Å². The number of ether oxygens (including phenoxy) is 4. The van der Waals surface area contributed by atoms with Gasteiger partial charge in [-0.15, -0.1) is 0 Å². The second-order valence-corrected chi connectivity index (χ2v) is 33.4. The van der Waals surface area contributed by atoms with Crippen LogP contribution in [0.4, 0.5) is 0 Å². The molecular formula is C82H160O17P2. The molecule has 7 atom stereocenters. The van der Waals surface area contributed by atoms with Gasteiger partial charge in [0.2, 0.25) is 0 Å². The predicted octanol–water partition coefficient (Wildman–Crippen LogP) is 24.5. The van der Waals surface area contributed by atoms with E-state index in [1.807, 2.05) is 0 Å². The van der Waals surface area contributed by atoms with Crippen molar-refractivity contribution >= 4 is 39.5 Å². The molecule has 0 rings (SSSR count).